The first-order valence-corrected chi connectivity index (χ1v) is 9.99. The van der Waals surface area contributed by atoms with Gasteiger partial charge >= 0.3 is 5.97 Å². The lowest BCUT2D eigenvalue weighted by atomic mass is 10.1. The SMILES string of the molecule is CCCCc1nc2cccc(C(=O)O)c2n1Cc1ccc(-n2ccc(C#N)c2)cc1. The van der Waals surface area contributed by atoms with E-state index >= 15 is 0 Å². The number of unbranched alkanes of at least 4 members (excludes halogenated alkanes) is 1. The summed E-state index contributed by atoms with van der Waals surface area (Å²) in [6, 6.07) is 17.2. The highest BCUT2D eigenvalue weighted by molar-refractivity contribution is 6.01. The smallest absolute Gasteiger partial charge is 0.337 e. The summed E-state index contributed by atoms with van der Waals surface area (Å²) in [5, 5.41) is 18.7. The van der Waals surface area contributed by atoms with Crippen LogP contribution < -0.4 is 0 Å². The van der Waals surface area contributed by atoms with Gasteiger partial charge in [-0.3, -0.25) is 0 Å². The lowest BCUT2D eigenvalue weighted by molar-refractivity contribution is 0.0698. The molecule has 4 aromatic rings. The van der Waals surface area contributed by atoms with Crippen molar-refractivity contribution in [2.24, 2.45) is 0 Å². The van der Waals surface area contributed by atoms with E-state index in [1.807, 2.05) is 45.7 Å². The van der Waals surface area contributed by atoms with E-state index in [0.29, 0.717) is 23.1 Å². The van der Waals surface area contributed by atoms with Crippen LogP contribution in [-0.4, -0.2) is 25.2 Å². The van der Waals surface area contributed by atoms with Gasteiger partial charge in [-0.05, 0) is 42.3 Å². The quantitative estimate of drug-likeness (QED) is 0.485. The molecule has 0 spiro atoms. The number of benzene rings is 2. The van der Waals surface area contributed by atoms with Gasteiger partial charge in [-0.2, -0.15) is 5.26 Å². The first kappa shape index (κ1) is 19.5. The Morgan fingerprint density at radius 2 is 1.97 bits per heavy atom. The molecule has 6 heteroatoms. The Morgan fingerprint density at radius 1 is 1.17 bits per heavy atom. The molecule has 0 aliphatic carbocycles. The molecule has 0 aliphatic rings. The van der Waals surface area contributed by atoms with Crippen LogP contribution in [-0.2, 0) is 13.0 Å². The van der Waals surface area contributed by atoms with Crippen molar-refractivity contribution in [1.82, 2.24) is 14.1 Å². The van der Waals surface area contributed by atoms with Crippen molar-refractivity contribution in [2.45, 2.75) is 32.7 Å². The fraction of sp³-hybridized carbons (Fsp3) is 0.208. The third kappa shape index (κ3) is 3.70. The summed E-state index contributed by atoms with van der Waals surface area (Å²) in [6.45, 7) is 2.68. The molecular weight excluding hydrogens is 376 g/mol. The number of hydrogen-bond acceptors (Lipinski definition) is 3. The van der Waals surface area contributed by atoms with Crippen LogP contribution in [0.2, 0.25) is 0 Å². The Labute approximate surface area is 174 Å². The minimum Gasteiger partial charge on any atom is -0.478 e. The fourth-order valence-electron chi connectivity index (χ4n) is 3.68. The average Bonchev–Trinajstić information content (AvgIpc) is 3.37. The highest BCUT2D eigenvalue weighted by atomic mass is 16.4. The summed E-state index contributed by atoms with van der Waals surface area (Å²) in [5.41, 5.74) is 4.30. The van der Waals surface area contributed by atoms with Crippen molar-refractivity contribution < 1.29 is 9.90 Å². The number of aryl methyl sites for hydroxylation is 1. The zero-order chi connectivity index (χ0) is 21.1. The predicted octanol–water partition coefficient (Wildman–Crippen LogP) is 4.79. The Morgan fingerprint density at radius 3 is 2.63 bits per heavy atom. The zero-order valence-electron chi connectivity index (χ0n) is 16.7. The number of hydrogen-bond donors (Lipinski definition) is 1. The fourth-order valence-corrected chi connectivity index (χ4v) is 3.68. The molecule has 2 heterocycles. The van der Waals surface area contributed by atoms with Crippen LogP contribution in [0.15, 0.2) is 60.9 Å². The molecule has 0 aliphatic heterocycles. The Balaban J connectivity index is 1.71. The highest BCUT2D eigenvalue weighted by Crippen LogP contribution is 2.24. The van der Waals surface area contributed by atoms with Crippen LogP contribution in [0.1, 0.15) is 47.1 Å². The number of carboxylic acid groups (broad SMARTS) is 1. The van der Waals surface area contributed by atoms with E-state index in [4.69, 9.17) is 10.2 Å². The van der Waals surface area contributed by atoms with Crippen molar-refractivity contribution in [2.75, 3.05) is 0 Å². The molecule has 0 unspecified atom stereocenters. The molecule has 0 fully saturated rings. The topological polar surface area (TPSA) is 83.8 Å². The minimum absolute atomic E-state index is 0.274. The van der Waals surface area contributed by atoms with Crippen LogP contribution in [0.5, 0.6) is 0 Å². The van der Waals surface area contributed by atoms with Crippen molar-refractivity contribution in [3.05, 3.63) is 83.4 Å². The van der Waals surface area contributed by atoms with Gasteiger partial charge in [0.15, 0.2) is 0 Å². The van der Waals surface area contributed by atoms with Crippen LogP contribution in [0, 0.1) is 11.3 Å². The summed E-state index contributed by atoms with van der Waals surface area (Å²) in [7, 11) is 0. The second kappa shape index (κ2) is 8.26. The van der Waals surface area contributed by atoms with Gasteiger partial charge < -0.3 is 14.2 Å². The van der Waals surface area contributed by atoms with Crippen LogP contribution in [0.4, 0.5) is 0 Å². The maximum Gasteiger partial charge on any atom is 0.337 e. The number of imidazole rings is 1. The molecule has 150 valence electrons. The first-order chi connectivity index (χ1) is 14.6. The first-order valence-electron chi connectivity index (χ1n) is 9.99. The maximum absolute atomic E-state index is 11.8. The molecule has 0 amide bonds. The number of fused-ring (bicyclic) bond motifs is 1. The number of nitrogens with zero attached hydrogens (tertiary/aromatic N) is 4. The molecule has 0 saturated heterocycles. The van der Waals surface area contributed by atoms with Crippen LogP contribution >= 0.6 is 0 Å². The van der Waals surface area contributed by atoms with Crippen molar-refractivity contribution in [3.8, 4) is 11.8 Å². The molecule has 0 radical (unpaired) electrons. The summed E-state index contributed by atoms with van der Waals surface area (Å²) in [6.07, 6.45) is 6.51. The normalized spacial score (nSPS) is 10.9. The number of carboxylic acids is 1. The van der Waals surface area contributed by atoms with Gasteiger partial charge in [-0.25, -0.2) is 9.78 Å². The maximum atomic E-state index is 11.8. The second-order valence-corrected chi connectivity index (χ2v) is 7.28. The van der Waals surface area contributed by atoms with E-state index < -0.39 is 5.97 Å². The lowest BCUT2D eigenvalue weighted by Crippen LogP contribution is -2.08. The molecule has 0 saturated carbocycles. The number of aromatic carboxylic acids is 1. The van der Waals surface area contributed by atoms with Gasteiger partial charge in [0.1, 0.15) is 11.9 Å². The van der Waals surface area contributed by atoms with Gasteiger partial charge in [0.25, 0.3) is 0 Å². The lowest BCUT2D eigenvalue weighted by Gasteiger charge is -2.12. The summed E-state index contributed by atoms with van der Waals surface area (Å²) in [4.78, 5) is 16.5. The van der Waals surface area contributed by atoms with Gasteiger partial charge in [-0.15, -0.1) is 0 Å². The molecule has 2 aromatic heterocycles. The number of nitriles is 1. The van der Waals surface area contributed by atoms with Crippen LogP contribution in [0.25, 0.3) is 16.7 Å². The zero-order valence-corrected chi connectivity index (χ0v) is 16.7. The predicted molar refractivity (Wildman–Crippen MR) is 115 cm³/mol. The largest absolute Gasteiger partial charge is 0.478 e. The molecular formula is C24H22N4O2. The van der Waals surface area contributed by atoms with Crippen LogP contribution in [0.3, 0.4) is 0 Å². The summed E-state index contributed by atoms with van der Waals surface area (Å²) in [5.74, 6) is -0.0336. The standard InChI is InChI=1S/C24H22N4O2/c1-2-3-7-22-26-21-6-4-5-20(24(29)30)23(21)28(22)16-17-8-10-19(11-9-17)27-13-12-18(14-25)15-27/h4-6,8-13,15H,2-3,7,16H2,1H3,(H,29,30). The number of rotatable bonds is 7. The number of para-hydroxylation sites is 1. The molecule has 2 aromatic carbocycles. The van der Waals surface area contributed by atoms with E-state index in [2.05, 4.69) is 13.0 Å². The molecule has 6 nitrogen and oxygen atoms in total. The van der Waals surface area contributed by atoms with E-state index in [1.54, 1.807) is 24.4 Å². The third-order valence-corrected chi connectivity index (χ3v) is 5.23. The van der Waals surface area contributed by atoms with E-state index in [9.17, 15) is 9.90 Å². The second-order valence-electron chi connectivity index (χ2n) is 7.28. The highest BCUT2D eigenvalue weighted by Gasteiger charge is 2.17. The van der Waals surface area contributed by atoms with Gasteiger partial charge in [0.05, 0.1) is 22.2 Å². The Bertz CT molecular complexity index is 1240. The van der Waals surface area contributed by atoms with Gasteiger partial charge in [0, 0.05) is 31.0 Å². The number of aromatic nitrogens is 3. The van der Waals surface area contributed by atoms with Crippen molar-refractivity contribution in [1.29, 1.82) is 5.26 Å². The van der Waals surface area contributed by atoms with E-state index in [1.165, 1.54) is 0 Å². The molecule has 1 N–H and O–H groups in total. The Kier molecular flexibility index (Phi) is 5.36. The molecule has 0 bridgehead atoms. The van der Waals surface area contributed by atoms with Crippen molar-refractivity contribution >= 4 is 17.0 Å². The van der Waals surface area contributed by atoms with E-state index in [0.717, 1.165) is 36.3 Å². The summed E-state index contributed by atoms with van der Waals surface area (Å²) < 4.78 is 3.94. The van der Waals surface area contributed by atoms with Crippen molar-refractivity contribution in [3.63, 3.8) is 0 Å². The molecule has 4 rings (SSSR count). The van der Waals surface area contributed by atoms with Gasteiger partial charge in [0.2, 0.25) is 0 Å². The molecule has 30 heavy (non-hydrogen) atoms. The number of carbonyl (C=O) groups is 1. The van der Waals surface area contributed by atoms with Gasteiger partial charge in [-0.1, -0.05) is 31.5 Å². The third-order valence-electron chi connectivity index (χ3n) is 5.23. The minimum atomic E-state index is -0.944. The average molecular weight is 398 g/mol. The molecule has 0 atom stereocenters. The summed E-state index contributed by atoms with van der Waals surface area (Å²) >= 11 is 0. The van der Waals surface area contributed by atoms with E-state index in [-0.39, 0.29) is 5.56 Å². The Hall–Kier alpha value is -3.85. The monoisotopic (exact) mass is 398 g/mol.